The van der Waals surface area contributed by atoms with Gasteiger partial charge >= 0.3 is 0 Å². The zero-order chi connectivity index (χ0) is 17.1. The van der Waals surface area contributed by atoms with Crippen molar-refractivity contribution in [2.24, 2.45) is 5.92 Å². The lowest BCUT2D eigenvalue weighted by Gasteiger charge is -2.32. The molecule has 1 fully saturated rings. The molecule has 0 unspecified atom stereocenters. The number of carbonyl (C=O) groups excluding carboxylic acids is 1. The molecule has 0 spiro atoms. The summed E-state index contributed by atoms with van der Waals surface area (Å²) >= 11 is 0. The van der Waals surface area contributed by atoms with Gasteiger partial charge in [-0.2, -0.15) is 0 Å². The van der Waals surface area contributed by atoms with E-state index in [1.165, 1.54) is 12.1 Å². The predicted molar refractivity (Wildman–Crippen MR) is 91.3 cm³/mol. The lowest BCUT2D eigenvalue weighted by molar-refractivity contribution is 0.0682. The van der Waals surface area contributed by atoms with E-state index in [-0.39, 0.29) is 11.7 Å². The van der Waals surface area contributed by atoms with E-state index in [0.29, 0.717) is 17.4 Å². The molecule has 1 aliphatic rings. The first-order valence-corrected chi connectivity index (χ1v) is 8.60. The van der Waals surface area contributed by atoms with Crippen LogP contribution in [-0.2, 0) is 6.54 Å². The topological polar surface area (TPSA) is 38.1 Å². The summed E-state index contributed by atoms with van der Waals surface area (Å²) in [4.78, 5) is 18.8. The fraction of sp³-hybridized carbons (Fsp3) is 0.474. The van der Waals surface area contributed by atoms with Crippen LogP contribution in [0.5, 0.6) is 0 Å². The molecule has 0 N–H and O–H groups in total. The van der Waals surface area contributed by atoms with Crippen molar-refractivity contribution in [1.29, 1.82) is 0 Å². The molecule has 0 bridgehead atoms. The molecule has 0 saturated carbocycles. The number of halogens is 1. The van der Waals surface area contributed by atoms with Gasteiger partial charge in [-0.1, -0.05) is 13.8 Å². The third-order valence-corrected chi connectivity index (χ3v) is 4.71. The number of hydrogen-bond acceptors (Lipinski definition) is 2. The van der Waals surface area contributed by atoms with E-state index in [1.54, 1.807) is 12.1 Å². The highest BCUT2D eigenvalue weighted by Crippen LogP contribution is 2.23. The summed E-state index contributed by atoms with van der Waals surface area (Å²) in [5, 5.41) is 0. The number of amides is 1. The molecular formula is C19H24FN3O. The van der Waals surface area contributed by atoms with Crippen molar-refractivity contribution in [2.45, 2.75) is 39.2 Å². The molecule has 24 heavy (non-hydrogen) atoms. The number of hydrogen-bond donors (Lipinski definition) is 0. The van der Waals surface area contributed by atoms with Crippen molar-refractivity contribution in [3.63, 3.8) is 0 Å². The third-order valence-electron chi connectivity index (χ3n) is 4.71. The van der Waals surface area contributed by atoms with Crippen LogP contribution in [0.25, 0.3) is 0 Å². The average molecular weight is 329 g/mol. The molecule has 1 aromatic heterocycles. The van der Waals surface area contributed by atoms with Crippen molar-refractivity contribution < 1.29 is 9.18 Å². The monoisotopic (exact) mass is 329 g/mol. The first kappa shape index (κ1) is 16.7. The van der Waals surface area contributed by atoms with Gasteiger partial charge in [0.05, 0.1) is 0 Å². The summed E-state index contributed by atoms with van der Waals surface area (Å²) < 4.78 is 15.2. The van der Waals surface area contributed by atoms with Gasteiger partial charge in [0.25, 0.3) is 5.91 Å². The molecule has 0 radical (unpaired) electrons. The molecular weight excluding hydrogens is 305 g/mol. The van der Waals surface area contributed by atoms with Gasteiger partial charge in [-0.15, -0.1) is 0 Å². The Morgan fingerprint density at radius 3 is 2.54 bits per heavy atom. The van der Waals surface area contributed by atoms with Gasteiger partial charge in [0.15, 0.2) is 0 Å². The molecule has 1 aliphatic heterocycles. The van der Waals surface area contributed by atoms with Crippen molar-refractivity contribution >= 4 is 5.91 Å². The Balaban J connectivity index is 1.56. The molecule has 5 heteroatoms. The van der Waals surface area contributed by atoms with E-state index in [0.717, 1.165) is 38.3 Å². The van der Waals surface area contributed by atoms with E-state index in [9.17, 15) is 9.18 Å². The quantitative estimate of drug-likeness (QED) is 0.858. The largest absolute Gasteiger partial charge is 0.339 e. The maximum atomic E-state index is 13.0. The Kier molecular flexibility index (Phi) is 4.97. The first-order valence-electron chi connectivity index (χ1n) is 8.60. The highest BCUT2D eigenvalue weighted by Gasteiger charge is 2.24. The molecule has 2 heterocycles. The minimum atomic E-state index is -0.313. The Morgan fingerprint density at radius 2 is 1.92 bits per heavy atom. The Labute approximate surface area is 142 Å². The van der Waals surface area contributed by atoms with Crippen LogP contribution in [-0.4, -0.2) is 33.4 Å². The lowest BCUT2D eigenvalue weighted by atomic mass is 9.96. The second-order valence-corrected chi connectivity index (χ2v) is 6.83. The molecule has 3 rings (SSSR count). The predicted octanol–water partition coefficient (Wildman–Crippen LogP) is 3.70. The van der Waals surface area contributed by atoms with E-state index in [2.05, 4.69) is 23.4 Å². The van der Waals surface area contributed by atoms with Crippen LogP contribution in [0.4, 0.5) is 4.39 Å². The van der Waals surface area contributed by atoms with Gasteiger partial charge < -0.3 is 9.47 Å². The van der Waals surface area contributed by atoms with Crippen LogP contribution in [0.1, 0.15) is 48.8 Å². The number of nitrogens with zero attached hydrogens (tertiary/aromatic N) is 3. The molecule has 1 saturated heterocycles. The molecule has 1 aromatic carbocycles. The number of imidazole rings is 1. The highest BCUT2D eigenvalue weighted by molar-refractivity contribution is 5.94. The smallest absolute Gasteiger partial charge is 0.253 e. The Morgan fingerprint density at radius 1 is 1.25 bits per heavy atom. The van der Waals surface area contributed by atoms with Crippen LogP contribution >= 0.6 is 0 Å². The summed E-state index contributed by atoms with van der Waals surface area (Å²) in [5.74, 6) is 1.79. The van der Waals surface area contributed by atoms with Crippen LogP contribution in [0.3, 0.4) is 0 Å². The fourth-order valence-electron chi connectivity index (χ4n) is 3.35. The highest BCUT2D eigenvalue weighted by atomic mass is 19.1. The first-order chi connectivity index (χ1) is 11.5. The molecule has 128 valence electrons. The van der Waals surface area contributed by atoms with Crippen LogP contribution in [0.2, 0.25) is 0 Å². The third kappa shape index (κ3) is 3.66. The number of rotatable bonds is 4. The van der Waals surface area contributed by atoms with E-state index in [4.69, 9.17) is 0 Å². The minimum Gasteiger partial charge on any atom is -0.339 e. The fourth-order valence-corrected chi connectivity index (χ4v) is 3.35. The van der Waals surface area contributed by atoms with Crippen LogP contribution < -0.4 is 0 Å². The zero-order valence-electron chi connectivity index (χ0n) is 14.3. The number of aromatic nitrogens is 2. The van der Waals surface area contributed by atoms with Gasteiger partial charge in [0.2, 0.25) is 0 Å². The van der Waals surface area contributed by atoms with Crippen molar-refractivity contribution in [3.05, 3.63) is 53.9 Å². The summed E-state index contributed by atoms with van der Waals surface area (Å²) in [5.41, 5.74) is 0.562. The lowest BCUT2D eigenvalue weighted by Crippen LogP contribution is -2.39. The van der Waals surface area contributed by atoms with E-state index < -0.39 is 0 Å². The number of likely N-dealkylation sites (tertiary alicyclic amines) is 1. The summed E-state index contributed by atoms with van der Waals surface area (Å²) in [7, 11) is 0. The summed E-state index contributed by atoms with van der Waals surface area (Å²) in [6.45, 7) is 6.79. The zero-order valence-corrected chi connectivity index (χ0v) is 14.3. The normalized spacial score (nSPS) is 15.9. The van der Waals surface area contributed by atoms with E-state index >= 15 is 0 Å². The Bertz CT molecular complexity index is 685. The standard InChI is InChI=1S/C19H24FN3O/c1-14(2)18-21-9-12-23(18)13-15-7-10-22(11-8-15)19(24)16-3-5-17(20)6-4-16/h3-6,9,12,14-15H,7-8,10-11,13H2,1-2H3. The maximum Gasteiger partial charge on any atom is 0.253 e. The SMILES string of the molecule is CC(C)c1nccn1CC1CCN(C(=O)c2ccc(F)cc2)CC1. The van der Waals surface area contributed by atoms with Crippen molar-refractivity contribution in [2.75, 3.05) is 13.1 Å². The summed E-state index contributed by atoms with van der Waals surface area (Å²) in [6.07, 6.45) is 5.89. The van der Waals surface area contributed by atoms with Crippen molar-refractivity contribution in [3.8, 4) is 0 Å². The van der Waals surface area contributed by atoms with Gasteiger partial charge in [-0.3, -0.25) is 4.79 Å². The molecule has 2 aromatic rings. The maximum absolute atomic E-state index is 13.0. The second-order valence-electron chi connectivity index (χ2n) is 6.83. The molecule has 0 aliphatic carbocycles. The van der Waals surface area contributed by atoms with Gasteiger partial charge in [0.1, 0.15) is 11.6 Å². The molecule has 4 nitrogen and oxygen atoms in total. The summed E-state index contributed by atoms with van der Waals surface area (Å²) in [6, 6.07) is 5.80. The number of benzene rings is 1. The van der Waals surface area contributed by atoms with Crippen LogP contribution in [0, 0.1) is 11.7 Å². The van der Waals surface area contributed by atoms with Crippen LogP contribution in [0.15, 0.2) is 36.7 Å². The second kappa shape index (κ2) is 7.16. The van der Waals surface area contributed by atoms with Gasteiger partial charge in [-0.25, -0.2) is 9.37 Å². The average Bonchev–Trinajstić information content (AvgIpc) is 3.04. The number of piperidine rings is 1. The molecule has 1 amide bonds. The van der Waals surface area contributed by atoms with Crippen molar-refractivity contribution in [1.82, 2.24) is 14.5 Å². The van der Waals surface area contributed by atoms with E-state index in [1.807, 2.05) is 17.3 Å². The molecule has 0 atom stereocenters. The van der Waals surface area contributed by atoms with Gasteiger partial charge in [-0.05, 0) is 43.0 Å². The Hall–Kier alpha value is -2.17. The minimum absolute atomic E-state index is 0.000972. The van der Waals surface area contributed by atoms with Gasteiger partial charge in [0, 0.05) is 43.5 Å². The number of carbonyl (C=O) groups is 1.